The molecule has 7 rings (SSSR count). The second-order valence-electron chi connectivity index (χ2n) is 13.1. The number of carbonyl (C=O) groups excluding carboxylic acids is 1. The molecule has 4 bridgehead atoms. The quantitative estimate of drug-likeness (QED) is 0.640. The maximum atomic E-state index is 14.0. The van der Waals surface area contributed by atoms with Gasteiger partial charge < -0.3 is 14.6 Å². The summed E-state index contributed by atoms with van der Waals surface area (Å²) in [7, 11) is 1.96. The zero-order valence-corrected chi connectivity index (χ0v) is 23.0. The number of carbonyl (C=O) groups is 1. The number of amides is 1. The van der Waals surface area contributed by atoms with E-state index in [9.17, 15) is 14.7 Å². The number of phenolic OH excluding ortho intramolecular Hbond substituents is 1. The summed E-state index contributed by atoms with van der Waals surface area (Å²) >= 11 is 0. The Bertz CT molecular complexity index is 1350. The molecule has 1 aromatic heterocycles. The fourth-order valence-electron chi connectivity index (χ4n) is 10.1. The van der Waals surface area contributed by atoms with E-state index in [1.807, 2.05) is 24.9 Å². The summed E-state index contributed by atoms with van der Waals surface area (Å²) in [5.74, 6) is 2.01. The molecule has 1 N–H and O–H groups in total. The van der Waals surface area contributed by atoms with Crippen LogP contribution in [-0.4, -0.2) is 57.6 Å². The van der Waals surface area contributed by atoms with Crippen LogP contribution in [0.4, 0.5) is 0 Å². The number of piperidine rings is 1. The number of fused-ring (bicyclic) bond motifs is 1. The van der Waals surface area contributed by atoms with E-state index in [0.717, 1.165) is 38.1 Å². The number of nitrogens with zero attached hydrogens (tertiary/aromatic N) is 3. The number of rotatable bonds is 5. The fourth-order valence-corrected chi connectivity index (χ4v) is 10.1. The van der Waals surface area contributed by atoms with Gasteiger partial charge in [0.05, 0.1) is 0 Å². The molecule has 0 spiro atoms. The van der Waals surface area contributed by atoms with Crippen LogP contribution in [0.3, 0.4) is 0 Å². The Labute approximate surface area is 225 Å². The highest BCUT2D eigenvalue weighted by Gasteiger charge is 2.73. The molecule has 4 aliphatic carbocycles. The van der Waals surface area contributed by atoms with Crippen molar-refractivity contribution in [2.24, 2.45) is 23.2 Å². The van der Waals surface area contributed by atoms with E-state index in [0.29, 0.717) is 35.9 Å². The number of hydrogen-bond donors (Lipinski definition) is 1. The topological polar surface area (TPSA) is 65.8 Å². The number of likely N-dealkylation sites (tertiary alicyclic amines) is 1. The van der Waals surface area contributed by atoms with Gasteiger partial charge in [-0.3, -0.25) is 14.5 Å². The molecular formula is C32H41N3O3. The van der Waals surface area contributed by atoms with Crippen molar-refractivity contribution >= 4 is 5.91 Å². The molecule has 6 heteroatoms. The lowest BCUT2D eigenvalue weighted by molar-refractivity contribution is -0.105. The molecule has 0 radical (unpaired) electrons. The molecule has 1 aromatic carbocycles. The first-order valence-corrected chi connectivity index (χ1v) is 14.8. The number of benzene rings is 1. The van der Waals surface area contributed by atoms with Crippen LogP contribution in [0.1, 0.15) is 74.0 Å². The second kappa shape index (κ2) is 8.45. The van der Waals surface area contributed by atoms with Crippen LogP contribution in [0.2, 0.25) is 0 Å². The first-order chi connectivity index (χ1) is 18.3. The van der Waals surface area contributed by atoms with Gasteiger partial charge in [-0.05, 0) is 111 Å². The van der Waals surface area contributed by atoms with Gasteiger partial charge >= 0.3 is 0 Å². The molecular weight excluding hydrogens is 474 g/mol. The van der Waals surface area contributed by atoms with Crippen LogP contribution in [0.25, 0.3) is 0 Å². The molecule has 5 unspecified atom stereocenters. The van der Waals surface area contributed by atoms with Crippen molar-refractivity contribution in [3.63, 3.8) is 0 Å². The average molecular weight is 516 g/mol. The lowest BCUT2D eigenvalue weighted by atomic mass is 9.43. The van der Waals surface area contributed by atoms with E-state index in [1.165, 1.54) is 43.0 Å². The van der Waals surface area contributed by atoms with E-state index in [2.05, 4.69) is 24.0 Å². The van der Waals surface area contributed by atoms with Crippen LogP contribution >= 0.6 is 0 Å². The molecule has 2 aromatic rings. The van der Waals surface area contributed by atoms with Crippen molar-refractivity contribution in [1.82, 2.24) is 14.4 Å². The lowest BCUT2D eigenvalue weighted by Crippen LogP contribution is -2.70. The summed E-state index contributed by atoms with van der Waals surface area (Å²) in [5, 5.41) is 10.7. The fraction of sp³-hybridized carbons (Fsp3) is 0.625. The van der Waals surface area contributed by atoms with E-state index in [1.54, 1.807) is 16.7 Å². The van der Waals surface area contributed by atoms with Gasteiger partial charge in [-0.2, -0.15) is 0 Å². The van der Waals surface area contributed by atoms with E-state index >= 15 is 0 Å². The Kier molecular flexibility index (Phi) is 5.43. The monoisotopic (exact) mass is 515 g/mol. The molecule has 5 aliphatic rings. The van der Waals surface area contributed by atoms with Crippen molar-refractivity contribution in [2.45, 2.75) is 82.8 Å². The molecule has 6 nitrogen and oxygen atoms in total. The van der Waals surface area contributed by atoms with Gasteiger partial charge in [0.2, 0.25) is 0 Å². The average Bonchev–Trinajstić information content (AvgIpc) is 3.70. The highest BCUT2D eigenvalue weighted by atomic mass is 16.3. The van der Waals surface area contributed by atoms with Crippen LogP contribution in [0.5, 0.6) is 5.75 Å². The van der Waals surface area contributed by atoms with Gasteiger partial charge in [-0.1, -0.05) is 19.1 Å². The minimum absolute atomic E-state index is 0.0258. The van der Waals surface area contributed by atoms with Crippen LogP contribution in [0, 0.1) is 23.2 Å². The number of aromatic nitrogens is 1. The molecule has 1 aliphatic heterocycles. The third-order valence-corrected chi connectivity index (χ3v) is 11.5. The molecule has 3 saturated carbocycles. The summed E-state index contributed by atoms with van der Waals surface area (Å²) in [6.45, 7) is 7.17. The summed E-state index contributed by atoms with van der Waals surface area (Å²) in [4.78, 5) is 31.3. The van der Waals surface area contributed by atoms with Gasteiger partial charge in [0.25, 0.3) is 11.5 Å². The highest BCUT2D eigenvalue weighted by molar-refractivity contribution is 5.92. The van der Waals surface area contributed by atoms with Crippen LogP contribution < -0.4 is 5.56 Å². The Morgan fingerprint density at radius 2 is 1.97 bits per heavy atom. The third-order valence-electron chi connectivity index (χ3n) is 11.5. The normalized spacial score (nSPS) is 35.4. The van der Waals surface area contributed by atoms with Crippen molar-refractivity contribution < 1.29 is 9.90 Å². The van der Waals surface area contributed by atoms with E-state index in [-0.39, 0.29) is 28.3 Å². The van der Waals surface area contributed by atoms with Crippen LogP contribution in [0.15, 0.2) is 41.2 Å². The summed E-state index contributed by atoms with van der Waals surface area (Å²) < 4.78 is 1.60. The van der Waals surface area contributed by atoms with Crippen molar-refractivity contribution in [3.8, 4) is 5.75 Å². The second-order valence-corrected chi connectivity index (χ2v) is 13.1. The largest absolute Gasteiger partial charge is 0.508 e. The van der Waals surface area contributed by atoms with E-state index < -0.39 is 0 Å². The third kappa shape index (κ3) is 3.16. The number of phenols is 1. The maximum Gasteiger partial charge on any atom is 0.270 e. The van der Waals surface area contributed by atoms with Crippen molar-refractivity contribution in [2.75, 3.05) is 20.1 Å². The number of pyridine rings is 1. The van der Waals surface area contributed by atoms with Crippen molar-refractivity contribution in [3.05, 3.63) is 63.6 Å². The van der Waals surface area contributed by atoms with Gasteiger partial charge in [-0.25, -0.2) is 0 Å². The SMILES string of the molecule is CCn1c(C(=O)N(C)C2CCC34C[C@H](C)C2C32CCN(CC3CC3)C4Cc3ccc(O)cc32)cccc1=O. The van der Waals surface area contributed by atoms with Crippen molar-refractivity contribution in [1.29, 1.82) is 0 Å². The molecule has 2 heterocycles. The zero-order valence-electron chi connectivity index (χ0n) is 23.0. The number of aromatic hydroxyl groups is 1. The lowest BCUT2D eigenvalue weighted by Gasteiger charge is -2.67. The first-order valence-electron chi connectivity index (χ1n) is 14.8. The Morgan fingerprint density at radius 3 is 2.74 bits per heavy atom. The standard InChI is InChI=1S/C32H41N3O3/c1-4-35-26(6-5-7-28(35)37)30(38)33(3)25-12-13-31-18-20(2)29(25)32(31)14-15-34(19-21-8-9-21)27(31)16-22-10-11-23(36)17-24(22)32/h5-7,10-11,17,20-21,25,27,29,36H,4,8-9,12-16,18-19H2,1-3H3/t20-,25?,27?,29?,31?,32?/m0/s1. The smallest absolute Gasteiger partial charge is 0.270 e. The molecule has 1 amide bonds. The van der Waals surface area contributed by atoms with Gasteiger partial charge in [0.1, 0.15) is 11.4 Å². The number of hydrogen-bond acceptors (Lipinski definition) is 4. The van der Waals surface area contributed by atoms with Gasteiger partial charge in [0, 0.05) is 43.7 Å². The maximum absolute atomic E-state index is 14.0. The molecule has 202 valence electrons. The summed E-state index contributed by atoms with van der Waals surface area (Å²) in [6.07, 6.45) is 8.25. The Morgan fingerprint density at radius 1 is 1.16 bits per heavy atom. The molecule has 6 atom stereocenters. The van der Waals surface area contributed by atoms with Gasteiger partial charge in [-0.15, -0.1) is 0 Å². The van der Waals surface area contributed by atoms with Crippen LogP contribution in [-0.2, 0) is 18.4 Å². The predicted molar refractivity (Wildman–Crippen MR) is 147 cm³/mol. The van der Waals surface area contributed by atoms with Gasteiger partial charge in [0.15, 0.2) is 0 Å². The van der Waals surface area contributed by atoms with E-state index in [4.69, 9.17) is 0 Å². The summed E-state index contributed by atoms with van der Waals surface area (Å²) in [5.41, 5.74) is 3.31. The molecule has 1 saturated heterocycles. The molecule has 4 fully saturated rings. The summed E-state index contributed by atoms with van der Waals surface area (Å²) in [6, 6.07) is 11.8. The zero-order chi connectivity index (χ0) is 26.4. The Hall–Kier alpha value is -2.60. The Balaban J connectivity index is 1.33. The highest BCUT2D eigenvalue weighted by Crippen LogP contribution is 2.74. The predicted octanol–water partition coefficient (Wildman–Crippen LogP) is 4.43. The molecule has 38 heavy (non-hydrogen) atoms. The minimum atomic E-state index is -0.121. The first kappa shape index (κ1) is 24.4. The minimum Gasteiger partial charge on any atom is -0.508 e.